The topological polar surface area (TPSA) is 54.9 Å². The van der Waals surface area contributed by atoms with Crippen molar-refractivity contribution in [2.75, 3.05) is 31.7 Å². The van der Waals surface area contributed by atoms with Crippen LogP contribution in [0.1, 0.15) is 17.5 Å². The first-order valence-corrected chi connectivity index (χ1v) is 8.56. The van der Waals surface area contributed by atoms with Crippen molar-refractivity contribution in [1.29, 1.82) is 0 Å². The highest BCUT2D eigenvalue weighted by atomic mass is 16.5. The van der Waals surface area contributed by atoms with E-state index in [0.29, 0.717) is 26.2 Å². The van der Waals surface area contributed by atoms with Gasteiger partial charge in [0.25, 0.3) is 0 Å². The average molecular weight is 339 g/mol. The Hall–Kier alpha value is -2.76. The van der Waals surface area contributed by atoms with Crippen molar-refractivity contribution in [2.45, 2.75) is 19.4 Å². The molecule has 0 atom stereocenters. The molecule has 2 aromatic rings. The van der Waals surface area contributed by atoms with Crippen LogP contribution in [0.4, 0.5) is 10.6 Å². The first-order valence-electron chi connectivity index (χ1n) is 8.56. The number of aromatic nitrogens is 1. The fourth-order valence-corrected chi connectivity index (χ4v) is 3.42. The molecule has 0 N–H and O–H groups in total. The predicted octanol–water partition coefficient (Wildman–Crippen LogP) is 2.86. The zero-order chi connectivity index (χ0) is 17.2. The molecule has 130 valence electrons. The highest BCUT2D eigenvalue weighted by Crippen LogP contribution is 2.30. The highest BCUT2D eigenvalue weighted by Gasteiger charge is 2.29. The lowest BCUT2D eigenvalue weighted by Gasteiger charge is -2.32. The van der Waals surface area contributed by atoms with Crippen LogP contribution in [0.15, 0.2) is 36.5 Å². The molecule has 0 radical (unpaired) electrons. The summed E-state index contributed by atoms with van der Waals surface area (Å²) in [5.41, 5.74) is 2.10. The zero-order valence-corrected chi connectivity index (χ0v) is 14.3. The molecule has 4 rings (SSSR count). The molecule has 6 heteroatoms. The van der Waals surface area contributed by atoms with Gasteiger partial charge in [-0.25, -0.2) is 9.78 Å². The van der Waals surface area contributed by atoms with Gasteiger partial charge in [-0.2, -0.15) is 0 Å². The second-order valence-corrected chi connectivity index (χ2v) is 6.27. The molecular formula is C19H21N3O3. The van der Waals surface area contributed by atoms with E-state index in [1.807, 2.05) is 35.2 Å². The number of benzene rings is 1. The fraction of sp³-hybridized carbons (Fsp3) is 0.368. The first kappa shape index (κ1) is 15.7. The second kappa shape index (κ2) is 6.63. The molecule has 2 amide bonds. The fourth-order valence-electron chi connectivity index (χ4n) is 3.42. The molecule has 0 saturated heterocycles. The average Bonchev–Trinajstić information content (AvgIpc) is 2.88. The number of urea groups is 1. The van der Waals surface area contributed by atoms with E-state index in [2.05, 4.69) is 4.98 Å². The van der Waals surface area contributed by atoms with E-state index in [1.54, 1.807) is 18.2 Å². The molecule has 25 heavy (non-hydrogen) atoms. The van der Waals surface area contributed by atoms with Crippen LogP contribution < -0.4 is 14.4 Å². The van der Waals surface area contributed by atoms with Gasteiger partial charge in [-0.3, -0.25) is 4.90 Å². The van der Waals surface area contributed by atoms with Crippen molar-refractivity contribution in [2.24, 2.45) is 0 Å². The number of methoxy groups -OCH3 is 1. The van der Waals surface area contributed by atoms with Crippen LogP contribution in [0.5, 0.6) is 11.5 Å². The van der Waals surface area contributed by atoms with Gasteiger partial charge in [0.15, 0.2) is 0 Å². The first-order chi connectivity index (χ1) is 12.3. The second-order valence-electron chi connectivity index (χ2n) is 6.27. The van der Waals surface area contributed by atoms with Crippen molar-refractivity contribution in [3.05, 3.63) is 47.7 Å². The number of carbonyl (C=O) groups is 1. The number of aryl methyl sites for hydroxylation is 1. The number of hydrogen-bond acceptors (Lipinski definition) is 4. The van der Waals surface area contributed by atoms with Crippen LogP contribution >= 0.6 is 0 Å². The van der Waals surface area contributed by atoms with Crippen LogP contribution in [-0.4, -0.2) is 42.7 Å². The zero-order valence-electron chi connectivity index (χ0n) is 14.3. The van der Waals surface area contributed by atoms with Gasteiger partial charge in [0, 0.05) is 18.3 Å². The molecule has 0 saturated carbocycles. The summed E-state index contributed by atoms with van der Waals surface area (Å²) in [4.78, 5) is 21.2. The normalized spacial score (nSPS) is 16.4. The third-order valence-electron chi connectivity index (χ3n) is 4.70. The van der Waals surface area contributed by atoms with Gasteiger partial charge >= 0.3 is 6.03 Å². The molecule has 6 nitrogen and oxygen atoms in total. The summed E-state index contributed by atoms with van der Waals surface area (Å²) >= 11 is 0. The number of rotatable bonds is 1. The molecule has 0 bridgehead atoms. The van der Waals surface area contributed by atoms with Crippen molar-refractivity contribution in [3.8, 4) is 11.5 Å². The van der Waals surface area contributed by atoms with E-state index >= 15 is 0 Å². The van der Waals surface area contributed by atoms with E-state index in [9.17, 15) is 4.79 Å². The lowest BCUT2D eigenvalue weighted by Crippen LogP contribution is -2.46. The summed E-state index contributed by atoms with van der Waals surface area (Å²) in [5.74, 6) is 2.37. The molecule has 1 aromatic heterocycles. The van der Waals surface area contributed by atoms with Gasteiger partial charge in [0.05, 0.1) is 20.2 Å². The lowest BCUT2D eigenvalue weighted by atomic mass is 10.1. The van der Waals surface area contributed by atoms with Gasteiger partial charge in [0.1, 0.15) is 23.9 Å². The number of hydrogen-bond donors (Lipinski definition) is 0. The minimum atomic E-state index is -0.0149. The Labute approximate surface area is 147 Å². The molecule has 3 heterocycles. The Kier molecular flexibility index (Phi) is 4.17. The van der Waals surface area contributed by atoms with Gasteiger partial charge in [-0.15, -0.1) is 0 Å². The largest absolute Gasteiger partial charge is 0.497 e. The molecule has 0 fully saturated rings. The molecule has 2 aliphatic rings. The van der Waals surface area contributed by atoms with E-state index < -0.39 is 0 Å². The number of ether oxygens (including phenoxy) is 2. The van der Waals surface area contributed by atoms with Crippen LogP contribution in [-0.2, 0) is 13.0 Å². The number of fused-ring (bicyclic) bond motifs is 2. The van der Waals surface area contributed by atoms with Crippen molar-refractivity contribution in [1.82, 2.24) is 9.88 Å². The quantitative estimate of drug-likeness (QED) is 0.802. The van der Waals surface area contributed by atoms with E-state index in [-0.39, 0.29) is 6.03 Å². The Bertz CT molecular complexity index is 793. The third kappa shape index (κ3) is 2.99. The molecule has 1 aromatic carbocycles. The van der Waals surface area contributed by atoms with Gasteiger partial charge < -0.3 is 14.4 Å². The minimum Gasteiger partial charge on any atom is -0.497 e. The monoisotopic (exact) mass is 339 g/mol. The maximum Gasteiger partial charge on any atom is 0.326 e. The predicted molar refractivity (Wildman–Crippen MR) is 94.2 cm³/mol. The van der Waals surface area contributed by atoms with Crippen LogP contribution in [0.25, 0.3) is 0 Å². The van der Waals surface area contributed by atoms with Crippen LogP contribution in [0.3, 0.4) is 0 Å². The summed E-state index contributed by atoms with van der Waals surface area (Å²) < 4.78 is 11.1. The Morgan fingerprint density at radius 2 is 2.16 bits per heavy atom. The van der Waals surface area contributed by atoms with Crippen LogP contribution in [0.2, 0.25) is 0 Å². The summed E-state index contributed by atoms with van der Waals surface area (Å²) in [7, 11) is 1.64. The van der Waals surface area contributed by atoms with E-state index in [4.69, 9.17) is 9.47 Å². The van der Waals surface area contributed by atoms with Gasteiger partial charge in [-0.1, -0.05) is 6.07 Å². The van der Waals surface area contributed by atoms with Gasteiger partial charge in [0.2, 0.25) is 0 Å². The number of pyridine rings is 1. The van der Waals surface area contributed by atoms with E-state index in [0.717, 1.165) is 41.3 Å². The Balaban J connectivity index is 1.60. The number of nitrogens with zero attached hydrogens (tertiary/aromatic N) is 3. The summed E-state index contributed by atoms with van der Waals surface area (Å²) in [5, 5.41) is 0. The summed E-state index contributed by atoms with van der Waals surface area (Å²) in [6, 6.07) is 9.67. The van der Waals surface area contributed by atoms with E-state index in [1.165, 1.54) is 0 Å². The summed E-state index contributed by atoms with van der Waals surface area (Å²) in [6.07, 6.45) is 3.67. The Morgan fingerprint density at radius 3 is 3.04 bits per heavy atom. The smallest absolute Gasteiger partial charge is 0.326 e. The molecule has 0 spiro atoms. The third-order valence-corrected chi connectivity index (χ3v) is 4.70. The molecule has 0 unspecified atom stereocenters. The van der Waals surface area contributed by atoms with Crippen molar-refractivity contribution in [3.63, 3.8) is 0 Å². The molecule has 2 aliphatic heterocycles. The summed E-state index contributed by atoms with van der Waals surface area (Å²) in [6.45, 7) is 2.23. The van der Waals surface area contributed by atoms with Crippen molar-refractivity contribution < 1.29 is 14.3 Å². The molecule has 0 aliphatic carbocycles. The number of anilines is 1. The Morgan fingerprint density at radius 1 is 1.24 bits per heavy atom. The minimum absolute atomic E-state index is 0.0149. The number of carbonyl (C=O) groups excluding carboxylic acids is 1. The van der Waals surface area contributed by atoms with Crippen LogP contribution in [0, 0.1) is 0 Å². The standard InChI is InChI=1S/C19H21N3O3/c1-24-16-6-7-17-15(12-16)13-21(10-11-25-17)19(23)22-9-3-5-14-4-2-8-20-18(14)22/h2,4,6-8,12H,3,5,9-11,13H2,1H3. The SMILES string of the molecule is COc1ccc2c(c1)CN(C(=O)N1CCCc3cccnc31)CCO2. The maximum absolute atomic E-state index is 13.2. The molecular weight excluding hydrogens is 318 g/mol. The highest BCUT2D eigenvalue weighted by molar-refractivity contribution is 5.92. The van der Waals surface area contributed by atoms with Crippen molar-refractivity contribution >= 4 is 11.8 Å². The maximum atomic E-state index is 13.2. The van der Waals surface area contributed by atoms with Gasteiger partial charge in [-0.05, 0) is 42.7 Å². The lowest BCUT2D eigenvalue weighted by molar-refractivity contribution is 0.193. The number of amides is 2.